The topological polar surface area (TPSA) is 84.7 Å². The van der Waals surface area contributed by atoms with Crippen LogP contribution >= 0.6 is 11.3 Å². The van der Waals surface area contributed by atoms with E-state index in [1.165, 1.54) is 21.8 Å². The predicted octanol–water partition coefficient (Wildman–Crippen LogP) is 2.28. The number of hydrogen-bond donors (Lipinski definition) is 2. The maximum absolute atomic E-state index is 12.6. The Hall–Kier alpha value is -2.71. The molecule has 140 valence electrons. The van der Waals surface area contributed by atoms with Crippen molar-refractivity contribution in [1.29, 1.82) is 0 Å². The molecule has 0 aliphatic carbocycles. The van der Waals surface area contributed by atoms with Crippen LogP contribution in [0.4, 0.5) is 5.69 Å². The van der Waals surface area contributed by atoms with Gasteiger partial charge < -0.3 is 15.4 Å². The quantitative estimate of drug-likeness (QED) is 0.681. The van der Waals surface area contributed by atoms with Gasteiger partial charge in [-0.05, 0) is 25.0 Å². The first-order valence-electron chi connectivity index (χ1n) is 8.89. The normalized spacial score (nSPS) is 16.5. The third-order valence-electron chi connectivity index (χ3n) is 4.50. The van der Waals surface area contributed by atoms with Gasteiger partial charge in [0.15, 0.2) is 4.96 Å². The van der Waals surface area contributed by atoms with Crippen LogP contribution in [0, 0.1) is 0 Å². The van der Waals surface area contributed by atoms with Gasteiger partial charge in [0.05, 0.1) is 23.9 Å². The summed E-state index contributed by atoms with van der Waals surface area (Å²) in [4.78, 5) is 29.8. The highest BCUT2D eigenvalue weighted by atomic mass is 32.1. The second-order valence-corrected chi connectivity index (χ2v) is 7.26. The highest BCUT2D eigenvalue weighted by Crippen LogP contribution is 2.17. The molecular formula is C19H20N4O3S. The van der Waals surface area contributed by atoms with E-state index in [2.05, 4.69) is 15.6 Å². The van der Waals surface area contributed by atoms with Gasteiger partial charge in [-0.2, -0.15) is 0 Å². The second kappa shape index (κ2) is 7.89. The Kier molecular flexibility index (Phi) is 5.17. The number of ether oxygens (including phenoxy) is 1. The molecule has 1 aliphatic rings. The zero-order valence-corrected chi connectivity index (χ0v) is 15.5. The van der Waals surface area contributed by atoms with Crippen LogP contribution in [-0.2, 0) is 11.3 Å². The molecule has 0 saturated carbocycles. The van der Waals surface area contributed by atoms with E-state index in [1.54, 1.807) is 12.3 Å². The SMILES string of the molecule is O=C(NCC1CCCO1)c1ccccc1NCc1cc(=O)n2ccsc2n1. The molecule has 27 heavy (non-hydrogen) atoms. The van der Waals surface area contributed by atoms with Crippen molar-refractivity contribution in [3.63, 3.8) is 0 Å². The molecule has 4 rings (SSSR count). The van der Waals surface area contributed by atoms with Crippen molar-refractivity contribution in [2.45, 2.75) is 25.5 Å². The van der Waals surface area contributed by atoms with Crippen molar-refractivity contribution in [3.8, 4) is 0 Å². The lowest BCUT2D eigenvalue weighted by Gasteiger charge is -2.14. The van der Waals surface area contributed by atoms with Crippen molar-refractivity contribution < 1.29 is 9.53 Å². The van der Waals surface area contributed by atoms with Crippen molar-refractivity contribution in [1.82, 2.24) is 14.7 Å². The summed E-state index contributed by atoms with van der Waals surface area (Å²) in [6, 6.07) is 8.82. The van der Waals surface area contributed by atoms with Crippen molar-refractivity contribution in [2.24, 2.45) is 0 Å². The minimum atomic E-state index is -0.143. The second-order valence-electron chi connectivity index (χ2n) is 6.39. The standard InChI is InChI=1S/C19H20N4O3S/c24-17-10-13(22-19-23(17)7-9-27-19)11-20-16-6-2-1-5-15(16)18(25)21-12-14-4-3-8-26-14/h1-2,5-7,9-10,14,20H,3-4,8,11-12H2,(H,21,25). The van der Waals surface area contributed by atoms with Gasteiger partial charge in [0, 0.05) is 36.5 Å². The highest BCUT2D eigenvalue weighted by molar-refractivity contribution is 7.15. The predicted molar refractivity (Wildman–Crippen MR) is 104 cm³/mol. The van der Waals surface area contributed by atoms with Gasteiger partial charge in [0.2, 0.25) is 0 Å². The number of aromatic nitrogens is 2. The number of rotatable bonds is 6. The van der Waals surface area contributed by atoms with Gasteiger partial charge in [-0.3, -0.25) is 14.0 Å². The Bertz CT molecular complexity index is 1010. The fourth-order valence-corrected chi connectivity index (χ4v) is 3.85. The molecule has 2 aromatic heterocycles. The lowest BCUT2D eigenvalue weighted by atomic mass is 10.1. The minimum absolute atomic E-state index is 0.101. The summed E-state index contributed by atoms with van der Waals surface area (Å²) in [7, 11) is 0. The highest BCUT2D eigenvalue weighted by Gasteiger charge is 2.18. The summed E-state index contributed by atoms with van der Waals surface area (Å²) in [6.07, 6.45) is 3.83. The van der Waals surface area contributed by atoms with E-state index in [1.807, 2.05) is 23.6 Å². The molecule has 7 nitrogen and oxygen atoms in total. The molecule has 0 bridgehead atoms. The number of anilines is 1. The van der Waals surface area contributed by atoms with Crippen LogP contribution in [0.3, 0.4) is 0 Å². The molecule has 2 N–H and O–H groups in total. The fourth-order valence-electron chi connectivity index (χ4n) is 3.11. The third-order valence-corrected chi connectivity index (χ3v) is 5.26. The molecule has 1 saturated heterocycles. The van der Waals surface area contributed by atoms with Gasteiger partial charge in [-0.1, -0.05) is 12.1 Å². The number of thiazole rings is 1. The molecule has 0 spiro atoms. The average molecular weight is 384 g/mol. The van der Waals surface area contributed by atoms with E-state index in [4.69, 9.17) is 4.74 Å². The van der Waals surface area contributed by atoms with Crippen LogP contribution in [0.5, 0.6) is 0 Å². The number of hydrogen-bond acceptors (Lipinski definition) is 6. The molecule has 3 heterocycles. The smallest absolute Gasteiger partial charge is 0.258 e. The summed E-state index contributed by atoms with van der Waals surface area (Å²) in [5.74, 6) is -0.143. The number of nitrogens with one attached hydrogen (secondary N) is 2. The number of para-hydroxylation sites is 1. The van der Waals surface area contributed by atoms with E-state index in [-0.39, 0.29) is 17.6 Å². The van der Waals surface area contributed by atoms with Crippen molar-refractivity contribution in [2.75, 3.05) is 18.5 Å². The van der Waals surface area contributed by atoms with Gasteiger partial charge in [0.1, 0.15) is 0 Å². The van der Waals surface area contributed by atoms with Crippen molar-refractivity contribution >= 4 is 27.9 Å². The summed E-state index contributed by atoms with van der Waals surface area (Å²) in [5.41, 5.74) is 1.79. The van der Waals surface area contributed by atoms with E-state index < -0.39 is 0 Å². The van der Waals surface area contributed by atoms with E-state index in [0.717, 1.165) is 19.4 Å². The molecule has 1 amide bonds. The Morgan fingerprint density at radius 1 is 1.37 bits per heavy atom. The summed E-state index contributed by atoms with van der Waals surface area (Å²) < 4.78 is 7.06. The Morgan fingerprint density at radius 2 is 2.26 bits per heavy atom. The van der Waals surface area contributed by atoms with Gasteiger partial charge in [-0.15, -0.1) is 11.3 Å². The monoisotopic (exact) mass is 384 g/mol. The van der Waals surface area contributed by atoms with Crippen LogP contribution in [-0.4, -0.2) is 34.5 Å². The number of fused-ring (bicyclic) bond motifs is 1. The Morgan fingerprint density at radius 3 is 3.11 bits per heavy atom. The lowest BCUT2D eigenvalue weighted by Crippen LogP contribution is -2.32. The van der Waals surface area contributed by atoms with Crippen LogP contribution in [0.2, 0.25) is 0 Å². The zero-order chi connectivity index (χ0) is 18.6. The molecule has 3 aromatic rings. The number of carbonyl (C=O) groups is 1. The van der Waals surface area contributed by atoms with Gasteiger partial charge in [-0.25, -0.2) is 4.98 Å². The van der Waals surface area contributed by atoms with Crippen LogP contribution in [0.1, 0.15) is 28.9 Å². The maximum Gasteiger partial charge on any atom is 0.258 e. The maximum atomic E-state index is 12.6. The first-order valence-corrected chi connectivity index (χ1v) is 9.77. The molecule has 0 radical (unpaired) electrons. The summed E-state index contributed by atoms with van der Waals surface area (Å²) >= 11 is 1.41. The average Bonchev–Trinajstić information content (AvgIpc) is 3.36. The lowest BCUT2D eigenvalue weighted by molar-refractivity contribution is 0.0858. The molecular weight excluding hydrogens is 364 g/mol. The molecule has 1 unspecified atom stereocenters. The largest absolute Gasteiger partial charge is 0.379 e. The Balaban J connectivity index is 1.45. The van der Waals surface area contributed by atoms with E-state index in [9.17, 15) is 9.59 Å². The van der Waals surface area contributed by atoms with Crippen molar-refractivity contribution in [3.05, 3.63) is 63.5 Å². The minimum Gasteiger partial charge on any atom is -0.379 e. The molecule has 1 atom stereocenters. The van der Waals surface area contributed by atoms with Gasteiger partial charge >= 0.3 is 0 Å². The summed E-state index contributed by atoms with van der Waals surface area (Å²) in [6.45, 7) is 1.64. The van der Waals surface area contributed by atoms with Crippen LogP contribution in [0.15, 0.2) is 46.7 Å². The number of amides is 1. The Labute approximate surface area is 160 Å². The van der Waals surface area contributed by atoms with E-state index >= 15 is 0 Å². The first kappa shape index (κ1) is 17.7. The fraction of sp³-hybridized carbons (Fsp3) is 0.316. The molecule has 1 fully saturated rings. The summed E-state index contributed by atoms with van der Waals surface area (Å²) in [5, 5.41) is 7.99. The zero-order valence-electron chi connectivity index (χ0n) is 14.7. The number of carbonyl (C=O) groups excluding carboxylic acids is 1. The molecule has 1 aliphatic heterocycles. The number of benzene rings is 1. The molecule has 8 heteroatoms. The van der Waals surface area contributed by atoms with Crippen LogP contribution in [0.25, 0.3) is 4.96 Å². The third kappa shape index (κ3) is 4.01. The van der Waals surface area contributed by atoms with E-state index in [0.29, 0.717) is 35.0 Å². The van der Waals surface area contributed by atoms with Crippen LogP contribution < -0.4 is 16.2 Å². The number of nitrogens with zero attached hydrogens (tertiary/aromatic N) is 2. The van der Waals surface area contributed by atoms with Gasteiger partial charge in [0.25, 0.3) is 11.5 Å². The first-order chi connectivity index (χ1) is 13.2. The molecule has 1 aromatic carbocycles.